The van der Waals surface area contributed by atoms with Crippen molar-refractivity contribution in [1.29, 1.82) is 0 Å². The molecule has 0 saturated carbocycles. The highest BCUT2D eigenvalue weighted by atomic mass is 16.5. The number of carbonyl (C=O) groups is 2. The number of nitrogens with zero attached hydrogens (tertiary/aromatic N) is 1. The van der Waals surface area contributed by atoms with Gasteiger partial charge in [-0.1, -0.05) is 26.0 Å². The first kappa shape index (κ1) is 19.2. The number of benzene rings is 1. The van der Waals surface area contributed by atoms with Crippen LogP contribution >= 0.6 is 0 Å². The summed E-state index contributed by atoms with van der Waals surface area (Å²) in [6, 6.07) is 6.01. The van der Waals surface area contributed by atoms with Gasteiger partial charge in [0.25, 0.3) is 5.91 Å². The van der Waals surface area contributed by atoms with Gasteiger partial charge in [0, 0.05) is 6.54 Å². The largest absolute Gasteiger partial charge is 0.481 e. The van der Waals surface area contributed by atoms with E-state index in [1.54, 1.807) is 13.8 Å². The minimum atomic E-state index is -1.06. The summed E-state index contributed by atoms with van der Waals surface area (Å²) in [5, 5.41) is 9.15. The quantitative estimate of drug-likeness (QED) is 0.884. The fraction of sp³-hybridized carbons (Fsp3) is 0.579. The molecule has 1 saturated heterocycles. The molecule has 1 fully saturated rings. The van der Waals surface area contributed by atoms with Crippen LogP contribution in [0.1, 0.15) is 44.7 Å². The molecule has 1 aliphatic heterocycles. The monoisotopic (exact) mass is 349 g/mol. The molecule has 138 valence electrons. The number of aryl methyl sites for hydroxylation is 1. The molecule has 6 heteroatoms. The van der Waals surface area contributed by atoms with Crippen LogP contribution < -0.4 is 4.74 Å². The molecule has 0 aromatic heterocycles. The van der Waals surface area contributed by atoms with Gasteiger partial charge < -0.3 is 19.5 Å². The molecule has 0 radical (unpaired) electrons. The van der Waals surface area contributed by atoms with Crippen LogP contribution in [0.15, 0.2) is 18.2 Å². The van der Waals surface area contributed by atoms with E-state index in [-0.39, 0.29) is 18.6 Å². The number of ether oxygens (including phenoxy) is 2. The third-order valence-electron chi connectivity index (χ3n) is 4.38. The predicted molar refractivity (Wildman–Crippen MR) is 93.9 cm³/mol. The zero-order chi connectivity index (χ0) is 18.7. The van der Waals surface area contributed by atoms with Gasteiger partial charge in [-0.15, -0.1) is 0 Å². The second-order valence-corrected chi connectivity index (χ2v) is 6.96. The Balaban J connectivity index is 2.10. The number of morpholine rings is 1. The van der Waals surface area contributed by atoms with Crippen LogP contribution in [0.25, 0.3) is 0 Å². The lowest BCUT2D eigenvalue weighted by Gasteiger charge is -2.36. The molecule has 1 N–H and O–H groups in total. The molecule has 1 aromatic rings. The van der Waals surface area contributed by atoms with Crippen molar-refractivity contribution in [3.8, 4) is 5.75 Å². The number of carboxylic acids is 1. The first-order chi connectivity index (χ1) is 11.7. The van der Waals surface area contributed by atoms with Gasteiger partial charge in [0.15, 0.2) is 12.2 Å². The number of hydrogen-bond acceptors (Lipinski definition) is 4. The van der Waals surface area contributed by atoms with Crippen molar-refractivity contribution in [2.75, 3.05) is 13.1 Å². The molecule has 1 amide bonds. The van der Waals surface area contributed by atoms with E-state index in [2.05, 4.69) is 19.9 Å². The number of carboxylic acid groups (broad SMARTS) is 1. The molecular weight excluding hydrogens is 322 g/mol. The molecule has 0 aliphatic carbocycles. The summed E-state index contributed by atoms with van der Waals surface area (Å²) in [6.07, 6.45) is -2.01. The lowest BCUT2D eigenvalue weighted by Crippen LogP contribution is -2.54. The van der Waals surface area contributed by atoms with E-state index in [0.29, 0.717) is 18.2 Å². The molecule has 3 atom stereocenters. The van der Waals surface area contributed by atoms with E-state index in [0.717, 1.165) is 11.1 Å². The van der Waals surface area contributed by atoms with Crippen molar-refractivity contribution in [2.24, 2.45) is 0 Å². The zero-order valence-corrected chi connectivity index (χ0v) is 15.5. The van der Waals surface area contributed by atoms with E-state index in [9.17, 15) is 9.59 Å². The Hall–Kier alpha value is -2.08. The van der Waals surface area contributed by atoms with Gasteiger partial charge in [0.1, 0.15) is 5.75 Å². The summed E-state index contributed by atoms with van der Waals surface area (Å²) in [7, 11) is 0. The maximum absolute atomic E-state index is 12.7. The van der Waals surface area contributed by atoms with Crippen molar-refractivity contribution in [1.82, 2.24) is 4.90 Å². The molecule has 25 heavy (non-hydrogen) atoms. The Morgan fingerprint density at radius 2 is 1.96 bits per heavy atom. The molecule has 2 unspecified atom stereocenters. The third-order valence-corrected chi connectivity index (χ3v) is 4.38. The average molecular weight is 349 g/mol. The predicted octanol–water partition coefficient (Wildman–Crippen LogP) is 2.59. The van der Waals surface area contributed by atoms with Crippen LogP contribution in [0.2, 0.25) is 0 Å². The number of rotatable bonds is 5. The van der Waals surface area contributed by atoms with Crippen LogP contribution in [0.5, 0.6) is 5.75 Å². The lowest BCUT2D eigenvalue weighted by atomic mass is 10.0. The molecule has 1 heterocycles. The summed E-state index contributed by atoms with van der Waals surface area (Å²) in [5.41, 5.74) is 2.11. The minimum Gasteiger partial charge on any atom is -0.481 e. The maximum Gasteiger partial charge on any atom is 0.334 e. The highest BCUT2D eigenvalue weighted by Gasteiger charge is 2.34. The van der Waals surface area contributed by atoms with E-state index in [1.807, 2.05) is 19.1 Å². The highest BCUT2D eigenvalue weighted by molar-refractivity contribution is 5.82. The molecule has 6 nitrogen and oxygen atoms in total. The fourth-order valence-electron chi connectivity index (χ4n) is 2.87. The minimum absolute atomic E-state index is 0.0389. The van der Waals surface area contributed by atoms with Gasteiger partial charge in [0.05, 0.1) is 12.6 Å². The average Bonchev–Trinajstić information content (AvgIpc) is 2.55. The van der Waals surface area contributed by atoms with Gasteiger partial charge in [-0.2, -0.15) is 0 Å². The van der Waals surface area contributed by atoms with E-state index >= 15 is 0 Å². The Kier molecular flexibility index (Phi) is 6.06. The zero-order valence-electron chi connectivity index (χ0n) is 15.5. The SMILES string of the molecule is Cc1ccc(C(C)C)cc1OC(C)C(=O)N1CC(C(=O)O)O[C@H](C)C1. The highest BCUT2D eigenvalue weighted by Crippen LogP contribution is 2.25. The van der Waals surface area contributed by atoms with Crippen molar-refractivity contribution >= 4 is 11.9 Å². The summed E-state index contributed by atoms with van der Waals surface area (Å²) >= 11 is 0. The molecule has 0 bridgehead atoms. The van der Waals surface area contributed by atoms with Crippen LogP contribution in [-0.4, -0.2) is 53.3 Å². The van der Waals surface area contributed by atoms with Crippen molar-refractivity contribution in [3.05, 3.63) is 29.3 Å². The number of aliphatic carboxylic acids is 1. The first-order valence-corrected chi connectivity index (χ1v) is 8.63. The van der Waals surface area contributed by atoms with Gasteiger partial charge in [-0.3, -0.25) is 4.79 Å². The summed E-state index contributed by atoms with van der Waals surface area (Å²) in [5.74, 6) is -0.234. The maximum atomic E-state index is 12.7. The summed E-state index contributed by atoms with van der Waals surface area (Å²) in [6.45, 7) is 10.00. The number of carbonyl (C=O) groups excluding carboxylic acids is 1. The third kappa shape index (κ3) is 4.72. The Morgan fingerprint density at radius 1 is 1.28 bits per heavy atom. The van der Waals surface area contributed by atoms with Crippen LogP contribution in [0.4, 0.5) is 0 Å². The van der Waals surface area contributed by atoms with Crippen LogP contribution in [-0.2, 0) is 14.3 Å². The second-order valence-electron chi connectivity index (χ2n) is 6.96. The number of hydrogen-bond donors (Lipinski definition) is 1. The lowest BCUT2D eigenvalue weighted by molar-refractivity contribution is -0.168. The summed E-state index contributed by atoms with van der Waals surface area (Å²) in [4.78, 5) is 25.4. The Labute approximate surface area is 148 Å². The van der Waals surface area contributed by atoms with Crippen molar-refractivity contribution in [2.45, 2.75) is 58.8 Å². The topological polar surface area (TPSA) is 76.1 Å². The van der Waals surface area contributed by atoms with Crippen molar-refractivity contribution in [3.63, 3.8) is 0 Å². The molecule has 1 aliphatic rings. The molecular formula is C19H27NO5. The molecule has 1 aromatic carbocycles. The molecule has 2 rings (SSSR count). The second kappa shape index (κ2) is 7.87. The van der Waals surface area contributed by atoms with Crippen LogP contribution in [0.3, 0.4) is 0 Å². The normalized spacial score (nSPS) is 21.9. The first-order valence-electron chi connectivity index (χ1n) is 8.63. The van der Waals surface area contributed by atoms with Crippen molar-refractivity contribution < 1.29 is 24.2 Å². The number of amides is 1. The fourth-order valence-corrected chi connectivity index (χ4v) is 2.87. The summed E-state index contributed by atoms with van der Waals surface area (Å²) < 4.78 is 11.3. The van der Waals surface area contributed by atoms with Gasteiger partial charge >= 0.3 is 5.97 Å². The van der Waals surface area contributed by atoms with Crippen LogP contribution in [0, 0.1) is 6.92 Å². The van der Waals surface area contributed by atoms with E-state index in [1.165, 1.54) is 4.90 Å². The standard InChI is InChI=1S/C19H27NO5/c1-11(2)15-7-6-12(3)16(8-15)25-14(5)18(21)20-9-13(4)24-17(10-20)19(22)23/h6-8,11,13-14,17H,9-10H2,1-5H3,(H,22,23)/t13-,14?,17?/m1/s1. The molecule has 0 spiro atoms. The van der Waals surface area contributed by atoms with Gasteiger partial charge in [0.2, 0.25) is 0 Å². The van der Waals surface area contributed by atoms with Gasteiger partial charge in [-0.05, 0) is 43.9 Å². The van der Waals surface area contributed by atoms with E-state index < -0.39 is 18.2 Å². The smallest absolute Gasteiger partial charge is 0.334 e. The Morgan fingerprint density at radius 3 is 2.56 bits per heavy atom. The van der Waals surface area contributed by atoms with Gasteiger partial charge in [-0.25, -0.2) is 4.79 Å². The Bertz CT molecular complexity index is 643. The van der Waals surface area contributed by atoms with E-state index in [4.69, 9.17) is 14.6 Å².